The van der Waals surface area contributed by atoms with Crippen molar-refractivity contribution in [2.75, 3.05) is 5.73 Å². The van der Waals surface area contributed by atoms with Gasteiger partial charge in [-0.1, -0.05) is 6.92 Å². The van der Waals surface area contributed by atoms with Crippen LogP contribution in [0.25, 0.3) is 0 Å². The Morgan fingerprint density at radius 1 is 1.47 bits per heavy atom. The van der Waals surface area contributed by atoms with Crippen LogP contribution in [0.4, 0.5) is 5.82 Å². The first kappa shape index (κ1) is 10.4. The van der Waals surface area contributed by atoms with Gasteiger partial charge >= 0.3 is 0 Å². The smallest absolute Gasteiger partial charge is 0.133 e. The molecule has 0 aliphatic heterocycles. The molecular weight excluding hydrogens is 188 g/mol. The minimum atomic E-state index is 0.410. The topological polar surface area (TPSA) is 77.8 Å². The number of rotatable bonds is 2. The van der Waals surface area contributed by atoms with Gasteiger partial charge in [0.15, 0.2) is 0 Å². The molecule has 0 radical (unpaired) electrons. The Balaban J connectivity index is 2.19. The second kappa shape index (κ2) is 4.14. The Morgan fingerprint density at radius 2 is 2.27 bits per heavy atom. The van der Waals surface area contributed by atoms with Crippen LogP contribution in [-0.2, 0) is 6.54 Å². The molecule has 1 aromatic rings. The molecule has 2 atom stereocenters. The van der Waals surface area contributed by atoms with Crippen molar-refractivity contribution >= 4 is 5.82 Å². The maximum atomic E-state index is 5.80. The first-order valence-electron chi connectivity index (χ1n) is 5.52. The zero-order chi connectivity index (χ0) is 10.8. The van der Waals surface area contributed by atoms with Crippen LogP contribution in [0.2, 0.25) is 0 Å². The molecular formula is C11H18N4. The quantitative estimate of drug-likeness (QED) is 0.767. The lowest BCUT2D eigenvalue weighted by Gasteiger charge is -2.10. The molecule has 1 heterocycles. The molecule has 4 nitrogen and oxygen atoms in total. The number of anilines is 1. The number of nitrogens with zero attached hydrogens (tertiary/aromatic N) is 2. The van der Waals surface area contributed by atoms with Crippen LogP contribution in [-0.4, -0.2) is 9.97 Å². The molecule has 4 N–H and O–H groups in total. The van der Waals surface area contributed by atoms with E-state index in [0.29, 0.717) is 18.3 Å². The molecule has 15 heavy (non-hydrogen) atoms. The summed E-state index contributed by atoms with van der Waals surface area (Å²) in [5.74, 6) is 2.72. The average Bonchev–Trinajstić information content (AvgIpc) is 2.65. The van der Waals surface area contributed by atoms with Gasteiger partial charge in [-0.25, -0.2) is 9.97 Å². The molecule has 0 amide bonds. The lowest BCUT2D eigenvalue weighted by atomic mass is 10.1. The molecule has 1 aliphatic carbocycles. The first-order valence-corrected chi connectivity index (χ1v) is 5.52. The van der Waals surface area contributed by atoms with E-state index in [0.717, 1.165) is 17.3 Å². The maximum Gasteiger partial charge on any atom is 0.133 e. The van der Waals surface area contributed by atoms with Crippen LogP contribution in [0.15, 0.2) is 6.20 Å². The maximum absolute atomic E-state index is 5.80. The summed E-state index contributed by atoms with van der Waals surface area (Å²) in [5.41, 5.74) is 12.2. The molecule has 1 saturated carbocycles. The predicted octanol–water partition coefficient (Wildman–Crippen LogP) is 1.42. The molecule has 2 unspecified atom stereocenters. The zero-order valence-corrected chi connectivity index (χ0v) is 9.11. The van der Waals surface area contributed by atoms with E-state index in [9.17, 15) is 0 Å². The number of nitrogens with two attached hydrogens (primary N) is 2. The lowest BCUT2D eigenvalue weighted by Crippen LogP contribution is -2.09. The van der Waals surface area contributed by atoms with Crippen LogP contribution >= 0.6 is 0 Å². The summed E-state index contributed by atoms with van der Waals surface area (Å²) in [4.78, 5) is 8.70. The van der Waals surface area contributed by atoms with Gasteiger partial charge in [-0.3, -0.25) is 0 Å². The molecule has 0 aromatic carbocycles. The Morgan fingerprint density at radius 3 is 2.80 bits per heavy atom. The summed E-state index contributed by atoms with van der Waals surface area (Å²) in [7, 11) is 0. The second-order valence-electron chi connectivity index (χ2n) is 4.46. The summed E-state index contributed by atoms with van der Waals surface area (Å²) in [6.45, 7) is 2.69. The van der Waals surface area contributed by atoms with Gasteiger partial charge in [0.05, 0.1) is 0 Å². The van der Waals surface area contributed by atoms with Gasteiger partial charge in [0, 0.05) is 24.2 Å². The number of nitrogen functional groups attached to an aromatic ring is 1. The third-order valence-electron chi connectivity index (χ3n) is 3.20. The molecule has 82 valence electrons. The molecule has 1 aromatic heterocycles. The highest BCUT2D eigenvalue weighted by molar-refractivity contribution is 5.37. The van der Waals surface area contributed by atoms with Crippen LogP contribution in [0.3, 0.4) is 0 Å². The molecule has 1 aliphatic rings. The van der Waals surface area contributed by atoms with Crippen LogP contribution in [0.5, 0.6) is 0 Å². The van der Waals surface area contributed by atoms with Crippen LogP contribution < -0.4 is 11.5 Å². The van der Waals surface area contributed by atoms with Crippen molar-refractivity contribution in [1.82, 2.24) is 9.97 Å². The van der Waals surface area contributed by atoms with E-state index in [1.165, 1.54) is 19.3 Å². The normalized spacial score (nSPS) is 25.7. The van der Waals surface area contributed by atoms with Crippen LogP contribution in [0, 0.1) is 5.92 Å². The highest BCUT2D eigenvalue weighted by Crippen LogP contribution is 2.36. The summed E-state index contributed by atoms with van der Waals surface area (Å²) >= 11 is 0. The zero-order valence-electron chi connectivity index (χ0n) is 9.11. The van der Waals surface area contributed by atoms with Gasteiger partial charge in [-0.15, -0.1) is 0 Å². The fraction of sp³-hybridized carbons (Fsp3) is 0.636. The molecule has 2 rings (SSSR count). The van der Waals surface area contributed by atoms with Gasteiger partial charge in [0.1, 0.15) is 11.6 Å². The SMILES string of the molecule is CC1CCC(c2ncc(CN)c(N)n2)C1. The summed E-state index contributed by atoms with van der Waals surface area (Å²) in [6, 6.07) is 0. The molecule has 4 heteroatoms. The molecule has 0 saturated heterocycles. The van der Waals surface area contributed by atoms with E-state index in [-0.39, 0.29) is 0 Å². The standard InChI is InChI=1S/C11H18N4/c1-7-2-3-8(4-7)11-14-6-9(5-12)10(13)15-11/h6-8H,2-5,12H2,1H3,(H2,13,14,15). The van der Waals surface area contributed by atoms with E-state index in [4.69, 9.17) is 11.5 Å². The summed E-state index contributed by atoms with van der Waals surface area (Å²) in [5, 5.41) is 0. The number of aromatic nitrogens is 2. The monoisotopic (exact) mass is 206 g/mol. The number of hydrogen-bond donors (Lipinski definition) is 2. The summed E-state index contributed by atoms with van der Waals surface area (Å²) in [6.07, 6.45) is 5.40. The fourth-order valence-electron chi connectivity index (χ4n) is 2.23. The number of hydrogen-bond acceptors (Lipinski definition) is 4. The van der Waals surface area contributed by atoms with Crippen molar-refractivity contribution in [2.45, 2.75) is 38.6 Å². The van der Waals surface area contributed by atoms with E-state index in [2.05, 4.69) is 16.9 Å². The van der Waals surface area contributed by atoms with Crippen molar-refractivity contribution in [3.8, 4) is 0 Å². The van der Waals surface area contributed by atoms with Gasteiger partial charge in [-0.05, 0) is 25.2 Å². The highest BCUT2D eigenvalue weighted by Gasteiger charge is 2.25. The van der Waals surface area contributed by atoms with Gasteiger partial charge < -0.3 is 11.5 Å². The minimum absolute atomic E-state index is 0.410. The van der Waals surface area contributed by atoms with Crippen LogP contribution in [0.1, 0.15) is 43.5 Å². The molecule has 0 spiro atoms. The fourth-order valence-corrected chi connectivity index (χ4v) is 2.23. The Bertz CT molecular complexity index is 350. The van der Waals surface area contributed by atoms with E-state index >= 15 is 0 Å². The molecule has 1 fully saturated rings. The van der Waals surface area contributed by atoms with Gasteiger partial charge in [0.2, 0.25) is 0 Å². The van der Waals surface area contributed by atoms with E-state index < -0.39 is 0 Å². The average molecular weight is 206 g/mol. The summed E-state index contributed by atoms with van der Waals surface area (Å²) < 4.78 is 0. The minimum Gasteiger partial charge on any atom is -0.383 e. The highest BCUT2D eigenvalue weighted by atomic mass is 15.0. The van der Waals surface area contributed by atoms with Crippen molar-refractivity contribution in [1.29, 1.82) is 0 Å². The predicted molar refractivity (Wildman–Crippen MR) is 60.1 cm³/mol. The van der Waals surface area contributed by atoms with Crippen molar-refractivity contribution in [3.05, 3.63) is 17.6 Å². The Hall–Kier alpha value is -1.16. The third-order valence-corrected chi connectivity index (χ3v) is 3.20. The second-order valence-corrected chi connectivity index (χ2v) is 4.46. The van der Waals surface area contributed by atoms with Gasteiger partial charge in [0.25, 0.3) is 0 Å². The Kier molecular flexibility index (Phi) is 2.86. The molecule has 0 bridgehead atoms. The van der Waals surface area contributed by atoms with E-state index in [1.54, 1.807) is 6.20 Å². The lowest BCUT2D eigenvalue weighted by molar-refractivity contribution is 0.585. The Labute approximate surface area is 90.1 Å². The first-order chi connectivity index (χ1) is 7.20. The van der Waals surface area contributed by atoms with Gasteiger partial charge in [-0.2, -0.15) is 0 Å². The largest absolute Gasteiger partial charge is 0.383 e. The van der Waals surface area contributed by atoms with Crippen molar-refractivity contribution < 1.29 is 0 Å². The third kappa shape index (κ3) is 2.09. The van der Waals surface area contributed by atoms with E-state index in [1.807, 2.05) is 0 Å². The van der Waals surface area contributed by atoms with Crippen molar-refractivity contribution in [2.24, 2.45) is 11.7 Å². The van der Waals surface area contributed by atoms with Crippen molar-refractivity contribution in [3.63, 3.8) is 0 Å².